The van der Waals surface area contributed by atoms with E-state index in [-0.39, 0.29) is 0 Å². The van der Waals surface area contributed by atoms with Gasteiger partial charge in [-0.2, -0.15) is 0 Å². The second-order valence-corrected chi connectivity index (χ2v) is 6.93. The number of imidazole rings is 1. The number of rotatable bonds is 3. The lowest BCUT2D eigenvalue weighted by molar-refractivity contribution is -0.920. The van der Waals surface area contributed by atoms with Gasteiger partial charge in [-0.25, -0.2) is 4.98 Å². The van der Waals surface area contributed by atoms with Gasteiger partial charge in [0.2, 0.25) is 0 Å². The Balaban J connectivity index is 1.50. The number of hydrogen-bond donors (Lipinski definition) is 2. The summed E-state index contributed by atoms with van der Waals surface area (Å²) in [6.45, 7) is 3.40. The third-order valence-electron chi connectivity index (χ3n) is 4.76. The molecule has 1 aliphatic heterocycles. The van der Waals surface area contributed by atoms with Gasteiger partial charge in [0.25, 0.3) is 0 Å². The van der Waals surface area contributed by atoms with E-state index in [1.807, 2.05) is 18.2 Å². The molecule has 0 bridgehead atoms. The Morgan fingerprint density at radius 2 is 2.09 bits per heavy atom. The summed E-state index contributed by atoms with van der Waals surface area (Å²) in [4.78, 5) is 9.93. The number of quaternary nitrogens is 1. The van der Waals surface area contributed by atoms with Crippen molar-refractivity contribution < 1.29 is 4.90 Å². The third-order valence-corrected chi connectivity index (χ3v) is 4.99. The van der Waals surface area contributed by atoms with Crippen LogP contribution in [0, 0.1) is 0 Å². The molecule has 3 nitrogen and oxygen atoms in total. The van der Waals surface area contributed by atoms with Crippen molar-refractivity contribution in [3.05, 3.63) is 64.9 Å². The van der Waals surface area contributed by atoms with Crippen molar-refractivity contribution in [2.24, 2.45) is 0 Å². The highest BCUT2D eigenvalue weighted by Crippen LogP contribution is 2.22. The lowest BCUT2D eigenvalue weighted by Gasteiger charge is -2.29. The van der Waals surface area contributed by atoms with Crippen LogP contribution in [0.5, 0.6) is 0 Å². The number of likely N-dealkylation sites (tertiary alicyclic amines) is 1. The Morgan fingerprint density at radius 3 is 2.96 bits per heavy atom. The van der Waals surface area contributed by atoms with Crippen LogP contribution in [0.1, 0.15) is 30.1 Å². The first kappa shape index (κ1) is 14.7. The van der Waals surface area contributed by atoms with E-state index in [0.717, 1.165) is 35.0 Å². The summed E-state index contributed by atoms with van der Waals surface area (Å²) in [7, 11) is 0. The van der Waals surface area contributed by atoms with Gasteiger partial charge >= 0.3 is 0 Å². The molecule has 2 aromatic carbocycles. The second-order valence-electron chi connectivity index (χ2n) is 6.49. The van der Waals surface area contributed by atoms with Gasteiger partial charge in [-0.05, 0) is 37.1 Å². The molecule has 2 atom stereocenters. The molecule has 0 radical (unpaired) electrons. The van der Waals surface area contributed by atoms with E-state index in [2.05, 4.69) is 35.3 Å². The Bertz CT molecular complexity index is 778. The van der Waals surface area contributed by atoms with E-state index < -0.39 is 0 Å². The zero-order valence-corrected chi connectivity index (χ0v) is 13.8. The number of halogens is 1. The van der Waals surface area contributed by atoms with Crippen LogP contribution in [0.25, 0.3) is 11.0 Å². The molecule has 0 saturated carbocycles. The van der Waals surface area contributed by atoms with Crippen LogP contribution in [-0.4, -0.2) is 23.1 Å². The molecule has 23 heavy (non-hydrogen) atoms. The normalized spacial score (nSPS) is 21.6. The summed E-state index contributed by atoms with van der Waals surface area (Å²) in [6, 6.07) is 16.5. The number of fused-ring (bicyclic) bond motifs is 1. The fraction of sp³-hybridized carbons (Fsp3) is 0.316. The molecule has 4 rings (SSSR count). The van der Waals surface area contributed by atoms with Crippen molar-refractivity contribution in [1.82, 2.24) is 9.97 Å². The highest BCUT2D eigenvalue weighted by molar-refractivity contribution is 6.30. The molecule has 1 unspecified atom stereocenters. The smallest absolute Gasteiger partial charge is 0.116 e. The van der Waals surface area contributed by atoms with Crippen molar-refractivity contribution in [2.75, 3.05) is 13.1 Å². The number of H-pyrrole nitrogens is 1. The van der Waals surface area contributed by atoms with Crippen LogP contribution < -0.4 is 4.90 Å². The molecule has 118 valence electrons. The predicted octanol–water partition coefficient (Wildman–Crippen LogP) is 3.18. The van der Waals surface area contributed by atoms with Crippen molar-refractivity contribution in [2.45, 2.75) is 25.3 Å². The highest BCUT2D eigenvalue weighted by atomic mass is 35.5. The van der Waals surface area contributed by atoms with Gasteiger partial charge in [0.15, 0.2) is 0 Å². The van der Waals surface area contributed by atoms with Crippen molar-refractivity contribution in [1.29, 1.82) is 0 Å². The lowest BCUT2D eigenvalue weighted by atomic mass is 9.97. The SMILES string of the molecule is Clc1cccc(C[NH+]2CCC[C@@H](c3nc4ccccc4[nH]3)C2)c1. The molecular weight excluding hydrogens is 306 g/mol. The zero-order valence-electron chi connectivity index (χ0n) is 13.1. The molecular formula is C19H21ClN3+. The molecule has 2 heterocycles. The van der Waals surface area contributed by atoms with E-state index in [0.29, 0.717) is 5.92 Å². The van der Waals surface area contributed by atoms with Gasteiger partial charge < -0.3 is 9.88 Å². The Labute approximate surface area is 141 Å². The first-order chi connectivity index (χ1) is 11.3. The van der Waals surface area contributed by atoms with Crippen molar-refractivity contribution in [3.63, 3.8) is 0 Å². The average molecular weight is 327 g/mol. The van der Waals surface area contributed by atoms with Crippen molar-refractivity contribution in [3.8, 4) is 0 Å². The predicted molar refractivity (Wildman–Crippen MR) is 93.9 cm³/mol. The minimum Gasteiger partial charge on any atom is -0.342 e. The Morgan fingerprint density at radius 1 is 1.17 bits per heavy atom. The van der Waals surface area contributed by atoms with E-state index in [1.165, 1.54) is 24.9 Å². The van der Waals surface area contributed by atoms with E-state index in [1.54, 1.807) is 4.90 Å². The number of nitrogens with one attached hydrogen (secondary N) is 2. The Hall–Kier alpha value is -1.84. The first-order valence-corrected chi connectivity index (χ1v) is 8.68. The molecule has 1 saturated heterocycles. The molecule has 1 fully saturated rings. The van der Waals surface area contributed by atoms with Gasteiger partial charge in [0.1, 0.15) is 12.4 Å². The number of piperidine rings is 1. The monoisotopic (exact) mass is 326 g/mol. The second kappa shape index (κ2) is 6.34. The van der Waals surface area contributed by atoms with Gasteiger partial charge in [0, 0.05) is 10.6 Å². The first-order valence-electron chi connectivity index (χ1n) is 8.30. The third kappa shape index (κ3) is 3.26. The van der Waals surface area contributed by atoms with Crippen LogP contribution >= 0.6 is 11.6 Å². The van der Waals surface area contributed by atoms with Gasteiger partial charge in [0.05, 0.1) is 30.0 Å². The molecule has 3 aromatic rings. The van der Waals surface area contributed by atoms with Crippen LogP contribution in [0.4, 0.5) is 0 Å². The number of para-hydroxylation sites is 2. The fourth-order valence-electron chi connectivity index (χ4n) is 3.65. The molecule has 2 N–H and O–H groups in total. The zero-order chi connectivity index (χ0) is 15.6. The number of hydrogen-bond acceptors (Lipinski definition) is 1. The standard InChI is InChI=1S/C19H20ClN3/c20-16-7-3-5-14(11-16)12-23-10-4-6-15(13-23)19-21-17-8-1-2-9-18(17)22-19/h1-3,5,7-9,11,15H,4,6,10,12-13H2,(H,21,22)/p+1/t15-/m1/s1. The summed E-state index contributed by atoms with van der Waals surface area (Å²) in [5.41, 5.74) is 3.53. The van der Waals surface area contributed by atoms with Crippen LogP contribution in [0.3, 0.4) is 0 Å². The highest BCUT2D eigenvalue weighted by Gasteiger charge is 2.26. The summed E-state index contributed by atoms with van der Waals surface area (Å²) >= 11 is 6.11. The van der Waals surface area contributed by atoms with Gasteiger partial charge in [-0.1, -0.05) is 35.9 Å². The molecule has 0 spiro atoms. The summed E-state index contributed by atoms with van der Waals surface area (Å²) in [6.07, 6.45) is 2.47. The summed E-state index contributed by atoms with van der Waals surface area (Å²) in [5, 5.41) is 0.827. The Kier molecular flexibility index (Phi) is 4.06. The molecule has 0 aliphatic carbocycles. The van der Waals surface area contributed by atoms with E-state index in [4.69, 9.17) is 16.6 Å². The van der Waals surface area contributed by atoms with Crippen LogP contribution in [0.15, 0.2) is 48.5 Å². The maximum absolute atomic E-state index is 6.11. The number of benzene rings is 2. The molecule has 0 amide bonds. The maximum Gasteiger partial charge on any atom is 0.116 e. The van der Waals surface area contributed by atoms with E-state index >= 15 is 0 Å². The van der Waals surface area contributed by atoms with Gasteiger partial charge in [-0.3, -0.25) is 0 Å². The minimum atomic E-state index is 0.519. The number of aromatic nitrogens is 2. The number of nitrogens with zero attached hydrogens (tertiary/aromatic N) is 1. The maximum atomic E-state index is 6.11. The quantitative estimate of drug-likeness (QED) is 0.761. The topological polar surface area (TPSA) is 33.1 Å². The average Bonchev–Trinajstić information content (AvgIpc) is 2.99. The van der Waals surface area contributed by atoms with E-state index in [9.17, 15) is 0 Å². The molecule has 1 aliphatic rings. The minimum absolute atomic E-state index is 0.519. The van der Waals surface area contributed by atoms with Crippen molar-refractivity contribution >= 4 is 22.6 Å². The molecule has 4 heteroatoms. The number of aromatic amines is 1. The van der Waals surface area contributed by atoms with Crippen LogP contribution in [-0.2, 0) is 6.54 Å². The lowest BCUT2D eigenvalue weighted by Crippen LogP contribution is -3.12. The van der Waals surface area contributed by atoms with Gasteiger partial charge in [-0.15, -0.1) is 0 Å². The largest absolute Gasteiger partial charge is 0.342 e. The summed E-state index contributed by atoms with van der Waals surface area (Å²) in [5.74, 6) is 1.67. The molecule has 1 aromatic heterocycles. The fourth-order valence-corrected chi connectivity index (χ4v) is 3.86. The van der Waals surface area contributed by atoms with Crippen LogP contribution in [0.2, 0.25) is 5.02 Å². The summed E-state index contributed by atoms with van der Waals surface area (Å²) < 4.78 is 0.